The summed E-state index contributed by atoms with van der Waals surface area (Å²) in [5, 5.41) is 33.1. The van der Waals surface area contributed by atoms with Crippen molar-refractivity contribution in [2.45, 2.75) is 0 Å². The summed E-state index contributed by atoms with van der Waals surface area (Å²) in [7, 11) is 0. The molecule has 0 atom stereocenters. The number of nitriles is 2. The Balaban J connectivity index is 1.89. The highest BCUT2D eigenvalue weighted by molar-refractivity contribution is 5.81. The Bertz CT molecular complexity index is 1250. The lowest BCUT2D eigenvalue weighted by Crippen LogP contribution is -2.16. The molecule has 0 aliphatic rings. The molecule has 1 heterocycles. The molecule has 1 aromatic heterocycles. The Kier molecular flexibility index (Phi) is 5.39. The van der Waals surface area contributed by atoms with E-state index in [1.54, 1.807) is 36.4 Å². The molecule has 0 unspecified atom stereocenters. The van der Waals surface area contributed by atoms with E-state index in [-0.39, 0.29) is 28.5 Å². The smallest absolute Gasteiger partial charge is 0.287 e. The van der Waals surface area contributed by atoms with Gasteiger partial charge in [0.2, 0.25) is 5.95 Å². The molecule has 0 amide bonds. The molecule has 2 N–H and O–H groups in total. The number of hydrazone groups is 1. The Morgan fingerprint density at radius 1 is 1.17 bits per heavy atom. The Morgan fingerprint density at radius 2 is 1.93 bits per heavy atom. The fourth-order valence-electron chi connectivity index (χ4n) is 2.49. The number of aromatic nitrogens is 2. The highest BCUT2D eigenvalue weighted by atomic mass is 16.6. The summed E-state index contributed by atoms with van der Waals surface area (Å²) >= 11 is 0. The van der Waals surface area contributed by atoms with Crippen LogP contribution in [0.2, 0.25) is 0 Å². The van der Waals surface area contributed by atoms with Gasteiger partial charge in [-0.3, -0.25) is 19.9 Å². The number of rotatable bonds is 5. The first-order chi connectivity index (χ1) is 14.0. The van der Waals surface area contributed by atoms with Gasteiger partial charge in [0.15, 0.2) is 0 Å². The molecule has 0 aliphatic carbocycles. The molecule has 0 saturated carbocycles. The average molecular weight is 385 g/mol. The number of nitrogens with zero attached hydrogens (tertiary/aromatic N) is 5. The number of anilines is 1. The number of nitrogens with one attached hydrogen (secondary N) is 2. The van der Waals surface area contributed by atoms with Crippen LogP contribution in [0.5, 0.6) is 0 Å². The summed E-state index contributed by atoms with van der Waals surface area (Å²) in [5.74, 6) is 0.00604. The minimum Gasteiger partial charge on any atom is -0.290 e. The summed E-state index contributed by atoms with van der Waals surface area (Å²) < 4.78 is 0. The minimum absolute atomic E-state index is 0.00604. The summed E-state index contributed by atoms with van der Waals surface area (Å²) in [6.07, 6.45) is 1.31. The molecule has 0 aliphatic heterocycles. The highest BCUT2D eigenvalue weighted by Crippen LogP contribution is 2.20. The second kappa shape index (κ2) is 8.24. The normalized spacial score (nSPS) is 10.3. The van der Waals surface area contributed by atoms with Gasteiger partial charge in [0.05, 0.1) is 16.8 Å². The molecule has 29 heavy (non-hydrogen) atoms. The predicted molar refractivity (Wildman–Crippen MR) is 104 cm³/mol. The standard InChI is InChI=1S/C19H11N7O3/c20-9-14-8-12(6-7-16(14)26(28)29)11-22-25-19-23-17(13-4-2-1-3-5-13)15(10-21)18(27)24-19/h1-8,11H,(H2,23,24,25,27). The van der Waals surface area contributed by atoms with E-state index in [0.29, 0.717) is 11.1 Å². The van der Waals surface area contributed by atoms with Crippen molar-refractivity contribution in [2.75, 3.05) is 5.43 Å². The van der Waals surface area contributed by atoms with E-state index in [1.807, 2.05) is 6.07 Å². The maximum absolute atomic E-state index is 12.2. The van der Waals surface area contributed by atoms with Crippen LogP contribution in [0.1, 0.15) is 16.7 Å². The summed E-state index contributed by atoms with van der Waals surface area (Å²) in [6.45, 7) is 0. The summed E-state index contributed by atoms with van der Waals surface area (Å²) in [4.78, 5) is 29.0. The van der Waals surface area contributed by atoms with Crippen LogP contribution < -0.4 is 11.0 Å². The number of benzene rings is 2. The molecular weight excluding hydrogens is 374 g/mol. The van der Waals surface area contributed by atoms with Crippen molar-refractivity contribution in [1.82, 2.24) is 9.97 Å². The lowest BCUT2D eigenvalue weighted by molar-refractivity contribution is -0.385. The molecule has 0 bridgehead atoms. The number of H-pyrrole nitrogens is 1. The molecule has 10 heteroatoms. The van der Waals surface area contributed by atoms with Crippen molar-refractivity contribution in [2.24, 2.45) is 5.10 Å². The second-order valence-corrected chi connectivity index (χ2v) is 5.63. The SMILES string of the molecule is N#Cc1cc(C=NNc2nc(-c3ccccc3)c(C#N)c(=O)[nH]2)ccc1[N+](=O)[O-]. The van der Waals surface area contributed by atoms with Crippen LogP contribution in [0.3, 0.4) is 0 Å². The van der Waals surface area contributed by atoms with Gasteiger partial charge in [-0.2, -0.15) is 15.6 Å². The maximum Gasteiger partial charge on any atom is 0.287 e. The zero-order valence-corrected chi connectivity index (χ0v) is 14.7. The zero-order chi connectivity index (χ0) is 20.8. The van der Waals surface area contributed by atoms with E-state index in [2.05, 4.69) is 20.5 Å². The van der Waals surface area contributed by atoms with Crippen molar-refractivity contribution in [3.63, 3.8) is 0 Å². The number of nitro groups is 1. The van der Waals surface area contributed by atoms with Crippen LogP contribution in [-0.4, -0.2) is 21.1 Å². The molecule has 2 aromatic carbocycles. The summed E-state index contributed by atoms with van der Waals surface area (Å²) in [5.41, 5.74) is 2.62. The quantitative estimate of drug-likeness (QED) is 0.387. The van der Waals surface area contributed by atoms with E-state index >= 15 is 0 Å². The van der Waals surface area contributed by atoms with E-state index in [1.165, 1.54) is 24.4 Å². The molecule has 10 nitrogen and oxygen atoms in total. The molecular formula is C19H11N7O3. The number of nitro benzene ring substituents is 1. The van der Waals surface area contributed by atoms with Crippen molar-refractivity contribution in [3.8, 4) is 23.4 Å². The van der Waals surface area contributed by atoms with Crippen LogP contribution in [0.25, 0.3) is 11.3 Å². The zero-order valence-electron chi connectivity index (χ0n) is 14.7. The van der Waals surface area contributed by atoms with E-state index in [0.717, 1.165) is 0 Å². The van der Waals surface area contributed by atoms with Gasteiger partial charge in [-0.15, -0.1) is 0 Å². The molecule has 0 fully saturated rings. The number of aromatic amines is 1. The van der Waals surface area contributed by atoms with Gasteiger partial charge in [-0.05, 0) is 17.7 Å². The second-order valence-electron chi connectivity index (χ2n) is 5.63. The van der Waals surface area contributed by atoms with Crippen LogP contribution >= 0.6 is 0 Å². The lowest BCUT2D eigenvalue weighted by atomic mass is 10.1. The van der Waals surface area contributed by atoms with Gasteiger partial charge < -0.3 is 0 Å². The minimum atomic E-state index is -0.645. The molecule has 140 valence electrons. The van der Waals surface area contributed by atoms with Crippen LogP contribution in [0.15, 0.2) is 58.4 Å². The van der Waals surface area contributed by atoms with E-state index in [4.69, 9.17) is 5.26 Å². The van der Waals surface area contributed by atoms with Gasteiger partial charge in [0.1, 0.15) is 23.3 Å². The first-order valence-electron chi connectivity index (χ1n) is 8.11. The monoisotopic (exact) mass is 385 g/mol. The summed E-state index contributed by atoms with van der Waals surface area (Å²) in [6, 6.07) is 16.3. The van der Waals surface area contributed by atoms with Crippen molar-refractivity contribution in [3.05, 3.63) is 85.7 Å². The largest absolute Gasteiger partial charge is 0.290 e. The number of hydrogen-bond donors (Lipinski definition) is 2. The molecule has 0 saturated heterocycles. The molecule has 3 rings (SSSR count). The fraction of sp³-hybridized carbons (Fsp3) is 0. The lowest BCUT2D eigenvalue weighted by Gasteiger charge is -2.06. The third-order valence-corrected chi connectivity index (χ3v) is 3.80. The number of hydrogen-bond acceptors (Lipinski definition) is 8. The van der Waals surface area contributed by atoms with Gasteiger partial charge in [0, 0.05) is 11.6 Å². The molecule has 0 spiro atoms. The van der Waals surface area contributed by atoms with E-state index in [9.17, 15) is 20.2 Å². The predicted octanol–water partition coefficient (Wildman–Crippen LogP) is 2.53. The van der Waals surface area contributed by atoms with Crippen LogP contribution in [-0.2, 0) is 0 Å². The first kappa shape index (κ1) is 18.9. The maximum atomic E-state index is 12.2. The van der Waals surface area contributed by atoms with Gasteiger partial charge >= 0.3 is 0 Å². The average Bonchev–Trinajstić information content (AvgIpc) is 2.73. The first-order valence-corrected chi connectivity index (χ1v) is 8.11. The van der Waals surface area contributed by atoms with Gasteiger partial charge in [0.25, 0.3) is 11.2 Å². The van der Waals surface area contributed by atoms with Gasteiger partial charge in [-0.25, -0.2) is 10.4 Å². The van der Waals surface area contributed by atoms with Gasteiger partial charge in [-0.1, -0.05) is 30.3 Å². The Hall–Kier alpha value is -4.83. The van der Waals surface area contributed by atoms with Crippen molar-refractivity contribution in [1.29, 1.82) is 10.5 Å². The highest BCUT2D eigenvalue weighted by Gasteiger charge is 2.14. The van der Waals surface area contributed by atoms with E-state index < -0.39 is 10.5 Å². The van der Waals surface area contributed by atoms with Crippen molar-refractivity contribution < 1.29 is 4.92 Å². The van der Waals surface area contributed by atoms with Crippen molar-refractivity contribution >= 4 is 17.9 Å². The third kappa shape index (κ3) is 4.13. The molecule has 3 aromatic rings. The molecule has 0 radical (unpaired) electrons. The fourth-order valence-corrected chi connectivity index (χ4v) is 2.49. The topological polar surface area (TPSA) is 161 Å². The third-order valence-electron chi connectivity index (χ3n) is 3.80. The van der Waals surface area contributed by atoms with Crippen LogP contribution in [0, 0.1) is 32.8 Å². The van der Waals surface area contributed by atoms with Crippen LogP contribution in [0.4, 0.5) is 11.6 Å². The Morgan fingerprint density at radius 3 is 2.59 bits per heavy atom. The Labute approximate surface area is 163 Å².